The molecule has 0 heterocycles. The number of carbonyl (C=O) groups excluding carboxylic acids is 1. The van der Waals surface area contributed by atoms with Gasteiger partial charge in [0.15, 0.2) is 0 Å². The molecule has 3 heteroatoms. The Morgan fingerprint density at radius 2 is 2.00 bits per heavy atom. The zero-order chi connectivity index (χ0) is 14.7. The predicted molar refractivity (Wildman–Crippen MR) is 84.5 cm³/mol. The maximum Gasteiger partial charge on any atom is 0.223 e. The fourth-order valence-electron chi connectivity index (χ4n) is 4.23. The van der Waals surface area contributed by atoms with Crippen molar-refractivity contribution >= 4 is 5.91 Å². The van der Waals surface area contributed by atoms with E-state index in [1.165, 1.54) is 31.2 Å². The van der Waals surface area contributed by atoms with Crippen molar-refractivity contribution in [2.24, 2.45) is 23.5 Å². The minimum Gasteiger partial charge on any atom is -0.337 e. The van der Waals surface area contributed by atoms with Gasteiger partial charge >= 0.3 is 0 Å². The lowest BCUT2D eigenvalue weighted by Gasteiger charge is -2.27. The molecule has 1 amide bonds. The number of fused-ring (bicyclic) bond motifs is 2. The summed E-state index contributed by atoms with van der Waals surface area (Å²) >= 11 is 0. The van der Waals surface area contributed by atoms with E-state index in [1.54, 1.807) is 0 Å². The molecule has 2 aliphatic rings. The number of hydrogen-bond acceptors (Lipinski definition) is 2. The van der Waals surface area contributed by atoms with Gasteiger partial charge in [-0.05, 0) is 42.6 Å². The van der Waals surface area contributed by atoms with E-state index in [0.717, 1.165) is 18.3 Å². The first-order chi connectivity index (χ1) is 10.3. The van der Waals surface area contributed by atoms with Gasteiger partial charge in [-0.3, -0.25) is 4.79 Å². The van der Waals surface area contributed by atoms with Gasteiger partial charge in [-0.1, -0.05) is 36.8 Å². The van der Waals surface area contributed by atoms with Gasteiger partial charge in [0.2, 0.25) is 5.91 Å². The third kappa shape index (κ3) is 3.46. The van der Waals surface area contributed by atoms with Gasteiger partial charge in [0.1, 0.15) is 0 Å². The average Bonchev–Trinajstić information content (AvgIpc) is 3.10. The first-order valence-corrected chi connectivity index (χ1v) is 8.28. The van der Waals surface area contributed by atoms with E-state index >= 15 is 0 Å². The molecule has 114 valence electrons. The highest BCUT2D eigenvalue weighted by Gasteiger charge is 2.40. The topological polar surface area (TPSA) is 46.3 Å². The Morgan fingerprint density at radius 1 is 1.19 bits per heavy atom. The first-order valence-electron chi connectivity index (χ1n) is 8.28. The van der Waals surface area contributed by atoms with Gasteiger partial charge in [-0.25, -0.2) is 0 Å². The van der Waals surface area contributed by atoms with Crippen LogP contribution in [-0.4, -0.2) is 23.9 Å². The normalized spacial score (nSPS) is 27.0. The Balaban J connectivity index is 1.59. The Bertz CT molecular complexity index is 473. The molecule has 0 radical (unpaired) electrons. The van der Waals surface area contributed by atoms with Crippen molar-refractivity contribution in [3.05, 3.63) is 35.9 Å². The van der Waals surface area contributed by atoms with Gasteiger partial charge in [-0.2, -0.15) is 0 Å². The van der Waals surface area contributed by atoms with Crippen molar-refractivity contribution in [3.63, 3.8) is 0 Å². The molecule has 2 N–H and O–H groups in total. The van der Waals surface area contributed by atoms with Crippen LogP contribution in [0.25, 0.3) is 0 Å². The SMILES string of the molecule is NCCN(Cc1ccccc1)C(=O)CC1CC2CCC1C2. The fourth-order valence-corrected chi connectivity index (χ4v) is 4.23. The van der Waals surface area contributed by atoms with Crippen molar-refractivity contribution in [2.75, 3.05) is 13.1 Å². The summed E-state index contributed by atoms with van der Waals surface area (Å²) in [6.07, 6.45) is 6.11. The van der Waals surface area contributed by atoms with Crippen LogP contribution in [0.5, 0.6) is 0 Å². The van der Waals surface area contributed by atoms with Crippen molar-refractivity contribution in [1.29, 1.82) is 0 Å². The summed E-state index contributed by atoms with van der Waals surface area (Å²) < 4.78 is 0. The lowest BCUT2D eigenvalue weighted by Crippen LogP contribution is -2.36. The van der Waals surface area contributed by atoms with E-state index < -0.39 is 0 Å². The number of nitrogens with two attached hydrogens (primary N) is 1. The molecule has 0 aromatic heterocycles. The standard InChI is InChI=1S/C18H26N2O/c19-8-9-20(13-14-4-2-1-3-5-14)18(21)12-17-11-15-6-7-16(17)10-15/h1-5,15-17H,6-13,19H2. The lowest BCUT2D eigenvalue weighted by atomic mass is 9.86. The highest BCUT2D eigenvalue weighted by atomic mass is 16.2. The van der Waals surface area contributed by atoms with Gasteiger partial charge in [0, 0.05) is 26.1 Å². The zero-order valence-corrected chi connectivity index (χ0v) is 12.7. The van der Waals surface area contributed by atoms with Crippen LogP contribution in [0.3, 0.4) is 0 Å². The smallest absolute Gasteiger partial charge is 0.223 e. The average molecular weight is 286 g/mol. The maximum atomic E-state index is 12.6. The van der Waals surface area contributed by atoms with Crippen molar-refractivity contribution in [2.45, 2.75) is 38.6 Å². The van der Waals surface area contributed by atoms with Crippen LogP contribution in [-0.2, 0) is 11.3 Å². The Hall–Kier alpha value is -1.35. The summed E-state index contributed by atoms with van der Waals surface area (Å²) in [4.78, 5) is 14.6. The van der Waals surface area contributed by atoms with Gasteiger partial charge in [0.05, 0.1) is 0 Å². The van der Waals surface area contributed by atoms with E-state index in [4.69, 9.17) is 5.73 Å². The largest absolute Gasteiger partial charge is 0.337 e. The van der Waals surface area contributed by atoms with Crippen LogP contribution in [0, 0.1) is 17.8 Å². The molecule has 2 aliphatic carbocycles. The van der Waals surface area contributed by atoms with Crippen molar-refractivity contribution < 1.29 is 4.79 Å². The number of nitrogens with zero attached hydrogens (tertiary/aromatic N) is 1. The molecule has 3 unspecified atom stereocenters. The molecular formula is C18H26N2O. The zero-order valence-electron chi connectivity index (χ0n) is 12.7. The molecule has 0 saturated heterocycles. The van der Waals surface area contributed by atoms with Crippen LogP contribution < -0.4 is 5.73 Å². The summed E-state index contributed by atoms with van der Waals surface area (Å²) in [5.41, 5.74) is 6.88. The summed E-state index contributed by atoms with van der Waals surface area (Å²) in [6.45, 7) is 1.89. The molecule has 0 spiro atoms. The molecule has 0 aliphatic heterocycles. The monoisotopic (exact) mass is 286 g/mol. The lowest BCUT2D eigenvalue weighted by molar-refractivity contribution is -0.133. The molecule has 3 nitrogen and oxygen atoms in total. The van der Waals surface area contributed by atoms with Crippen LogP contribution in [0.15, 0.2) is 30.3 Å². The van der Waals surface area contributed by atoms with Gasteiger partial charge in [-0.15, -0.1) is 0 Å². The molecular weight excluding hydrogens is 260 g/mol. The molecule has 1 aromatic rings. The molecule has 3 atom stereocenters. The highest BCUT2D eigenvalue weighted by molar-refractivity contribution is 5.76. The van der Waals surface area contributed by atoms with Crippen LogP contribution in [0.1, 0.15) is 37.7 Å². The van der Waals surface area contributed by atoms with E-state index in [-0.39, 0.29) is 0 Å². The van der Waals surface area contributed by atoms with E-state index in [1.807, 2.05) is 23.1 Å². The fraction of sp³-hybridized carbons (Fsp3) is 0.611. The third-order valence-electron chi connectivity index (χ3n) is 5.29. The van der Waals surface area contributed by atoms with E-state index in [0.29, 0.717) is 31.5 Å². The van der Waals surface area contributed by atoms with Crippen molar-refractivity contribution in [3.8, 4) is 0 Å². The van der Waals surface area contributed by atoms with Crippen LogP contribution in [0.4, 0.5) is 0 Å². The van der Waals surface area contributed by atoms with Crippen LogP contribution in [0.2, 0.25) is 0 Å². The molecule has 2 bridgehead atoms. The van der Waals surface area contributed by atoms with Crippen LogP contribution >= 0.6 is 0 Å². The number of benzene rings is 1. The molecule has 21 heavy (non-hydrogen) atoms. The second-order valence-electron chi connectivity index (χ2n) is 6.73. The van der Waals surface area contributed by atoms with E-state index in [9.17, 15) is 4.79 Å². The second kappa shape index (κ2) is 6.61. The first kappa shape index (κ1) is 14.6. The molecule has 1 aromatic carbocycles. The molecule has 2 saturated carbocycles. The number of amides is 1. The minimum absolute atomic E-state index is 0.293. The minimum atomic E-state index is 0.293. The highest BCUT2D eigenvalue weighted by Crippen LogP contribution is 2.49. The number of rotatable bonds is 6. The quantitative estimate of drug-likeness (QED) is 0.874. The molecule has 3 rings (SSSR count). The Morgan fingerprint density at radius 3 is 2.62 bits per heavy atom. The molecule has 2 fully saturated rings. The number of hydrogen-bond donors (Lipinski definition) is 1. The van der Waals surface area contributed by atoms with E-state index in [2.05, 4.69) is 12.1 Å². The summed E-state index contributed by atoms with van der Waals surface area (Å²) in [5.74, 6) is 2.65. The van der Waals surface area contributed by atoms with Gasteiger partial charge < -0.3 is 10.6 Å². The third-order valence-corrected chi connectivity index (χ3v) is 5.29. The second-order valence-corrected chi connectivity index (χ2v) is 6.73. The van der Waals surface area contributed by atoms with Crippen molar-refractivity contribution in [1.82, 2.24) is 4.90 Å². The summed E-state index contributed by atoms with van der Waals surface area (Å²) in [5, 5.41) is 0. The Labute approximate surface area is 127 Å². The maximum absolute atomic E-state index is 12.6. The van der Waals surface area contributed by atoms with Gasteiger partial charge in [0.25, 0.3) is 0 Å². The number of carbonyl (C=O) groups is 1. The summed E-state index contributed by atoms with van der Waals surface area (Å²) in [7, 11) is 0. The predicted octanol–water partition coefficient (Wildman–Crippen LogP) is 2.80. The summed E-state index contributed by atoms with van der Waals surface area (Å²) in [6, 6.07) is 10.2. The Kier molecular flexibility index (Phi) is 4.59.